The van der Waals surface area contributed by atoms with Crippen LogP contribution in [0.25, 0.3) is 10.8 Å². The molecule has 1 aromatic carbocycles. The molecule has 2 amide bonds. The van der Waals surface area contributed by atoms with E-state index in [1.54, 1.807) is 24.3 Å². The van der Waals surface area contributed by atoms with Gasteiger partial charge in [0.2, 0.25) is 5.91 Å². The average molecular weight is 344 g/mol. The molecule has 0 aliphatic carbocycles. The average Bonchev–Trinajstić information content (AvgIpc) is 2.58. The molecule has 0 fully saturated rings. The lowest BCUT2D eigenvalue weighted by molar-refractivity contribution is -0.122. The van der Waals surface area contributed by atoms with Gasteiger partial charge in [0.15, 0.2) is 5.69 Å². The summed E-state index contributed by atoms with van der Waals surface area (Å²) in [5.74, 6) is -0.409. The second-order valence-electron chi connectivity index (χ2n) is 6.67. The lowest BCUT2D eigenvalue weighted by atomic mass is 10.1. The van der Waals surface area contributed by atoms with Gasteiger partial charge in [-0.3, -0.25) is 25.2 Å². The monoisotopic (exact) mass is 344 g/mol. The van der Waals surface area contributed by atoms with E-state index in [2.05, 4.69) is 16.0 Å². The molecule has 0 aliphatic heterocycles. The van der Waals surface area contributed by atoms with Gasteiger partial charge in [-0.15, -0.1) is 0 Å². The summed E-state index contributed by atoms with van der Waals surface area (Å²) in [6, 6.07) is 6.62. The zero-order valence-electron chi connectivity index (χ0n) is 15.0. The molecule has 0 bridgehead atoms. The predicted molar refractivity (Wildman–Crippen MR) is 96.1 cm³/mol. The van der Waals surface area contributed by atoms with Crippen molar-refractivity contribution >= 4 is 22.6 Å². The number of carbonyl (C=O) groups excluding carboxylic acids is 2. The van der Waals surface area contributed by atoms with Gasteiger partial charge in [-0.2, -0.15) is 5.10 Å². The van der Waals surface area contributed by atoms with Gasteiger partial charge in [-0.1, -0.05) is 32.0 Å². The maximum Gasteiger partial charge on any atom is 0.290 e. The Balaban J connectivity index is 2.27. The highest BCUT2D eigenvalue weighted by Gasteiger charge is 2.18. The van der Waals surface area contributed by atoms with E-state index in [4.69, 9.17) is 0 Å². The summed E-state index contributed by atoms with van der Waals surface area (Å²) >= 11 is 0. The lowest BCUT2D eigenvalue weighted by Gasteiger charge is -2.14. The van der Waals surface area contributed by atoms with Gasteiger partial charge in [0.1, 0.15) is 0 Å². The van der Waals surface area contributed by atoms with E-state index in [1.165, 1.54) is 4.68 Å². The van der Waals surface area contributed by atoms with Crippen molar-refractivity contribution in [2.75, 3.05) is 0 Å². The number of amides is 2. The summed E-state index contributed by atoms with van der Waals surface area (Å²) < 4.78 is 1.28. The largest absolute Gasteiger partial charge is 0.290 e. The molecule has 0 radical (unpaired) electrons. The maximum absolute atomic E-state index is 12.5. The van der Waals surface area contributed by atoms with E-state index in [1.807, 2.05) is 27.7 Å². The van der Waals surface area contributed by atoms with E-state index in [-0.39, 0.29) is 23.2 Å². The number of fused-ring (bicyclic) bond motifs is 1. The molecule has 0 saturated heterocycles. The molecule has 0 aliphatic rings. The first-order chi connectivity index (χ1) is 11.8. The van der Waals surface area contributed by atoms with Crippen molar-refractivity contribution in [3.8, 4) is 0 Å². The van der Waals surface area contributed by atoms with Crippen LogP contribution in [-0.2, 0) is 4.79 Å². The van der Waals surface area contributed by atoms with Crippen molar-refractivity contribution in [1.82, 2.24) is 20.6 Å². The highest BCUT2D eigenvalue weighted by molar-refractivity contribution is 6.05. The first-order valence-corrected chi connectivity index (χ1v) is 8.42. The molecule has 2 N–H and O–H groups in total. The van der Waals surface area contributed by atoms with Crippen molar-refractivity contribution in [3.63, 3.8) is 0 Å². The minimum atomic E-state index is -0.552. The lowest BCUT2D eigenvalue weighted by Crippen LogP contribution is -2.43. The van der Waals surface area contributed by atoms with Crippen molar-refractivity contribution in [1.29, 1.82) is 0 Å². The van der Waals surface area contributed by atoms with E-state index in [0.717, 1.165) is 6.42 Å². The molecule has 0 atom stereocenters. The second kappa shape index (κ2) is 7.92. The Morgan fingerprint density at radius 3 is 2.32 bits per heavy atom. The molecule has 134 valence electrons. The Kier molecular flexibility index (Phi) is 5.90. The van der Waals surface area contributed by atoms with E-state index in [0.29, 0.717) is 23.1 Å². The Labute approximate surface area is 146 Å². The van der Waals surface area contributed by atoms with Crippen molar-refractivity contribution in [2.45, 2.75) is 46.6 Å². The highest BCUT2D eigenvalue weighted by Crippen LogP contribution is 2.14. The van der Waals surface area contributed by atoms with Gasteiger partial charge < -0.3 is 0 Å². The van der Waals surface area contributed by atoms with Crippen LogP contribution in [0.1, 0.15) is 57.1 Å². The van der Waals surface area contributed by atoms with Crippen LogP contribution in [0.2, 0.25) is 0 Å². The molecule has 7 heteroatoms. The number of hydrogen-bond donors (Lipinski definition) is 2. The molecular formula is C18H24N4O3. The molecule has 1 heterocycles. The number of aromatic nitrogens is 2. The van der Waals surface area contributed by atoms with Crippen molar-refractivity contribution < 1.29 is 9.59 Å². The molecule has 7 nitrogen and oxygen atoms in total. The van der Waals surface area contributed by atoms with E-state index < -0.39 is 5.91 Å². The van der Waals surface area contributed by atoms with Gasteiger partial charge in [0.05, 0.1) is 11.4 Å². The minimum Gasteiger partial charge on any atom is -0.273 e. The minimum absolute atomic E-state index is 0.105. The number of nitrogens with one attached hydrogen (secondary N) is 2. The molecular weight excluding hydrogens is 320 g/mol. The number of hydrogen-bond acceptors (Lipinski definition) is 4. The predicted octanol–water partition coefficient (Wildman–Crippen LogP) is 2.17. The molecule has 2 aromatic rings. The van der Waals surface area contributed by atoms with E-state index >= 15 is 0 Å². The number of nitrogens with zero attached hydrogens (tertiary/aromatic N) is 2. The van der Waals surface area contributed by atoms with Gasteiger partial charge in [0, 0.05) is 11.8 Å². The van der Waals surface area contributed by atoms with Crippen molar-refractivity contribution in [2.24, 2.45) is 5.92 Å². The summed E-state index contributed by atoms with van der Waals surface area (Å²) in [6.45, 7) is 7.69. The van der Waals surface area contributed by atoms with Crippen LogP contribution in [-0.4, -0.2) is 21.6 Å². The van der Waals surface area contributed by atoms with Crippen LogP contribution in [0.5, 0.6) is 0 Å². The summed E-state index contributed by atoms with van der Waals surface area (Å²) in [5.41, 5.74) is 4.64. The summed E-state index contributed by atoms with van der Waals surface area (Å²) in [6.07, 6.45) is 1.07. The normalized spacial score (nSPS) is 11.1. The third-order valence-electron chi connectivity index (χ3n) is 3.80. The quantitative estimate of drug-likeness (QED) is 0.813. The SMILES string of the molecule is CC(C)CCC(=O)NNC(=O)c1nn(C(C)C)c(=O)c2ccccc12. The van der Waals surface area contributed by atoms with E-state index in [9.17, 15) is 14.4 Å². The van der Waals surface area contributed by atoms with Gasteiger partial charge in [-0.25, -0.2) is 4.68 Å². The van der Waals surface area contributed by atoms with Crippen LogP contribution in [0.4, 0.5) is 0 Å². The van der Waals surface area contributed by atoms with Crippen LogP contribution >= 0.6 is 0 Å². The first kappa shape index (κ1) is 18.6. The van der Waals surface area contributed by atoms with Gasteiger partial charge in [0.25, 0.3) is 11.5 Å². The Morgan fingerprint density at radius 2 is 1.72 bits per heavy atom. The fourth-order valence-corrected chi connectivity index (χ4v) is 2.39. The van der Waals surface area contributed by atoms with Crippen LogP contribution < -0.4 is 16.4 Å². The summed E-state index contributed by atoms with van der Waals surface area (Å²) in [7, 11) is 0. The number of benzene rings is 1. The standard InChI is InChI=1S/C18H24N4O3/c1-11(2)9-10-15(23)19-20-17(24)16-13-7-5-6-8-14(13)18(25)22(21-16)12(3)4/h5-8,11-12H,9-10H2,1-4H3,(H,19,23)(H,20,24). The van der Waals surface area contributed by atoms with Crippen LogP contribution in [0.3, 0.4) is 0 Å². The summed E-state index contributed by atoms with van der Waals surface area (Å²) in [5, 5.41) is 5.07. The van der Waals surface area contributed by atoms with Gasteiger partial charge in [-0.05, 0) is 32.3 Å². The second-order valence-corrected chi connectivity index (χ2v) is 6.67. The topological polar surface area (TPSA) is 93.1 Å². The molecule has 25 heavy (non-hydrogen) atoms. The molecule has 2 rings (SSSR count). The molecule has 0 saturated carbocycles. The Bertz CT molecular complexity index is 840. The number of carbonyl (C=O) groups is 2. The first-order valence-electron chi connectivity index (χ1n) is 8.42. The third kappa shape index (κ3) is 4.43. The highest BCUT2D eigenvalue weighted by atomic mass is 16.2. The fourth-order valence-electron chi connectivity index (χ4n) is 2.39. The smallest absolute Gasteiger partial charge is 0.273 e. The molecule has 0 spiro atoms. The number of hydrazine groups is 1. The van der Waals surface area contributed by atoms with Crippen LogP contribution in [0.15, 0.2) is 29.1 Å². The number of rotatable bonds is 5. The third-order valence-corrected chi connectivity index (χ3v) is 3.80. The Morgan fingerprint density at radius 1 is 1.08 bits per heavy atom. The molecule has 0 unspecified atom stereocenters. The van der Waals surface area contributed by atoms with Crippen molar-refractivity contribution in [3.05, 3.63) is 40.3 Å². The summed E-state index contributed by atoms with van der Waals surface area (Å²) in [4.78, 5) is 36.7. The van der Waals surface area contributed by atoms with Gasteiger partial charge >= 0.3 is 0 Å². The Hall–Kier alpha value is -2.70. The molecule has 1 aromatic heterocycles. The maximum atomic E-state index is 12.5. The fraction of sp³-hybridized carbons (Fsp3) is 0.444. The zero-order chi connectivity index (χ0) is 18.6. The zero-order valence-corrected chi connectivity index (χ0v) is 15.0. The van der Waals surface area contributed by atoms with Crippen LogP contribution in [0, 0.1) is 5.92 Å².